The van der Waals surface area contributed by atoms with Crippen LogP contribution in [-0.2, 0) is 0 Å². The SMILES string of the molecule is CC(C)N1CCN(c2ccc(Nc3ccc(C(N)=O)cn3)cc2)CC1. The van der Waals surface area contributed by atoms with Crippen LogP contribution in [0.25, 0.3) is 0 Å². The molecule has 0 radical (unpaired) electrons. The number of hydrogen-bond donors (Lipinski definition) is 2. The molecular weight excluding hydrogens is 314 g/mol. The van der Waals surface area contributed by atoms with E-state index in [0.29, 0.717) is 17.4 Å². The molecule has 1 aromatic carbocycles. The molecule has 6 heteroatoms. The van der Waals surface area contributed by atoms with Gasteiger partial charge in [0.15, 0.2) is 0 Å². The smallest absolute Gasteiger partial charge is 0.250 e. The van der Waals surface area contributed by atoms with Crippen LogP contribution in [0.2, 0.25) is 0 Å². The highest BCUT2D eigenvalue weighted by Crippen LogP contribution is 2.22. The minimum absolute atomic E-state index is 0.404. The molecule has 0 atom stereocenters. The summed E-state index contributed by atoms with van der Waals surface area (Å²) in [5.74, 6) is 0.212. The number of pyridine rings is 1. The van der Waals surface area contributed by atoms with E-state index in [1.807, 2.05) is 12.1 Å². The topological polar surface area (TPSA) is 74.5 Å². The lowest BCUT2D eigenvalue weighted by atomic mass is 10.2. The molecule has 0 bridgehead atoms. The molecule has 0 aliphatic carbocycles. The number of carbonyl (C=O) groups excluding carboxylic acids is 1. The standard InChI is InChI=1S/C19H25N5O/c1-14(2)23-9-11-24(12-10-23)17-6-4-16(5-7-17)22-18-8-3-15(13-21-18)19(20)25/h3-8,13-14H,9-12H2,1-2H3,(H2,20,25)(H,21,22). The van der Waals surface area contributed by atoms with Crippen LogP contribution in [0.1, 0.15) is 24.2 Å². The van der Waals surface area contributed by atoms with Crippen molar-refractivity contribution in [3.05, 3.63) is 48.2 Å². The molecule has 1 aliphatic heterocycles. The number of piperazine rings is 1. The Morgan fingerprint density at radius 3 is 2.28 bits per heavy atom. The monoisotopic (exact) mass is 339 g/mol. The average molecular weight is 339 g/mol. The molecule has 1 fully saturated rings. The highest BCUT2D eigenvalue weighted by atomic mass is 16.1. The van der Waals surface area contributed by atoms with Crippen LogP contribution < -0.4 is 16.0 Å². The second-order valence-corrected chi connectivity index (χ2v) is 6.59. The van der Waals surface area contributed by atoms with Gasteiger partial charge >= 0.3 is 0 Å². The van der Waals surface area contributed by atoms with Crippen molar-refractivity contribution in [2.24, 2.45) is 5.73 Å². The van der Waals surface area contributed by atoms with E-state index in [4.69, 9.17) is 5.73 Å². The quantitative estimate of drug-likeness (QED) is 0.875. The van der Waals surface area contributed by atoms with Crippen LogP contribution in [0.5, 0.6) is 0 Å². The van der Waals surface area contributed by atoms with E-state index >= 15 is 0 Å². The summed E-state index contributed by atoms with van der Waals surface area (Å²) >= 11 is 0. The summed E-state index contributed by atoms with van der Waals surface area (Å²) in [4.78, 5) is 20.2. The van der Waals surface area contributed by atoms with E-state index < -0.39 is 5.91 Å². The first-order valence-electron chi connectivity index (χ1n) is 8.65. The van der Waals surface area contributed by atoms with E-state index in [2.05, 4.69) is 46.1 Å². The lowest BCUT2D eigenvalue weighted by Gasteiger charge is -2.38. The number of aromatic nitrogens is 1. The van der Waals surface area contributed by atoms with Crippen molar-refractivity contribution < 1.29 is 4.79 Å². The Bertz CT molecular complexity index is 704. The van der Waals surface area contributed by atoms with E-state index in [0.717, 1.165) is 31.9 Å². The van der Waals surface area contributed by atoms with Crippen molar-refractivity contribution in [2.75, 3.05) is 36.4 Å². The molecule has 0 unspecified atom stereocenters. The van der Waals surface area contributed by atoms with Crippen LogP contribution in [-0.4, -0.2) is 48.0 Å². The maximum absolute atomic E-state index is 11.1. The molecule has 25 heavy (non-hydrogen) atoms. The lowest BCUT2D eigenvalue weighted by Crippen LogP contribution is -2.48. The average Bonchev–Trinajstić information content (AvgIpc) is 2.63. The van der Waals surface area contributed by atoms with Gasteiger partial charge in [0.05, 0.1) is 5.56 Å². The number of anilines is 3. The molecule has 1 aliphatic rings. The number of nitrogens with two attached hydrogens (primary N) is 1. The summed E-state index contributed by atoms with van der Waals surface area (Å²) in [6.45, 7) is 8.82. The molecule has 0 saturated carbocycles. The van der Waals surface area contributed by atoms with Gasteiger partial charge in [-0.3, -0.25) is 9.69 Å². The third-order valence-corrected chi connectivity index (χ3v) is 4.60. The molecule has 3 N–H and O–H groups in total. The highest BCUT2D eigenvalue weighted by Gasteiger charge is 2.18. The first-order valence-corrected chi connectivity index (χ1v) is 8.65. The number of rotatable bonds is 5. The lowest BCUT2D eigenvalue weighted by molar-refractivity contribution is 0.1000. The minimum Gasteiger partial charge on any atom is -0.369 e. The fourth-order valence-corrected chi connectivity index (χ4v) is 3.01. The van der Waals surface area contributed by atoms with E-state index in [9.17, 15) is 4.79 Å². The molecule has 1 aromatic heterocycles. The zero-order valence-electron chi connectivity index (χ0n) is 14.8. The Morgan fingerprint density at radius 1 is 1.08 bits per heavy atom. The number of carbonyl (C=O) groups is 1. The van der Waals surface area contributed by atoms with Crippen LogP contribution >= 0.6 is 0 Å². The number of benzene rings is 1. The van der Waals surface area contributed by atoms with Gasteiger partial charge in [-0.2, -0.15) is 0 Å². The summed E-state index contributed by atoms with van der Waals surface area (Å²) in [5, 5.41) is 3.23. The van der Waals surface area contributed by atoms with Gasteiger partial charge in [0.2, 0.25) is 5.91 Å². The molecule has 0 spiro atoms. The van der Waals surface area contributed by atoms with Gasteiger partial charge in [-0.15, -0.1) is 0 Å². The number of hydrogen-bond acceptors (Lipinski definition) is 5. The molecular formula is C19H25N5O. The van der Waals surface area contributed by atoms with Crippen LogP contribution in [0.3, 0.4) is 0 Å². The first-order chi connectivity index (χ1) is 12.0. The molecule has 3 rings (SSSR count). The third-order valence-electron chi connectivity index (χ3n) is 4.60. The Hall–Kier alpha value is -2.60. The van der Waals surface area contributed by atoms with Crippen molar-refractivity contribution >= 4 is 23.1 Å². The van der Waals surface area contributed by atoms with Gasteiger partial charge in [0.1, 0.15) is 5.82 Å². The number of primary amides is 1. The van der Waals surface area contributed by atoms with E-state index in [1.54, 1.807) is 12.1 Å². The number of nitrogens with one attached hydrogen (secondary N) is 1. The second-order valence-electron chi connectivity index (χ2n) is 6.59. The van der Waals surface area contributed by atoms with E-state index in [1.165, 1.54) is 11.9 Å². The highest BCUT2D eigenvalue weighted by molar-refractivity contribution is 5.92. The van der Waals surface area contributed by atoms with Crippen molar-refractivity contribution in [2.45, 2.75) is 19.9 Å². The Morgan fingerprint density at radius 2 is 1.76 bits per heavy atom. The predicted molar refractivity (Wildman–Crippen MR) is 101 cm³/mol. The maximum Gasteiger partial charge on any atom is 0.250 e. The molecule has 2 aromatic rings. The van der Waals surface area contributed by atoms with Crippen molar-refractivity contribution in [1.82, 2.24) is 9.88 Å². The summed E-state index contributed by atoms with van der Waals surface area (Å²) in [6, 6.07) is 12.4. The van der Waals surface area contributed by atoms with Gasteiger partial charge in [-0.1, -0.05) is 0 Å². The van der Waals surface area contributed by atoms with Gasteiger partial charge in [-0.25, -0.2) is 4.98 Å². The number of amides is 1. The van der Waals surface area contributed by atoms with Gasteiger partial charge in [-0.05, 0) is 50.2 Å². The molecule has 2 heterocycles. The molecule has 6 nitrogen and oxygen atoms in total. The molecule has 1 amide bonds. The summed E-state index contributed by atoms with van der Waals surface area (Å²) < 4.78 is 0. The Balaban J connectivity index is 1.60. The van der Waals surface area contributed by atoms with E-state index in [-0.39, 0.29) is 0 Å². The minimum atomic E-state index is -0.471. The summed E-state index contributed by atoms with van der Waals surface area (Å²) in [7, 11) is 0. The predicted octanol–water partition coefficient (Wildman–Crippen LogP) is 2.45. The zero-order valence-corrected chi connectivity index (χ0v) is 14.8. The zero-order chi connectivity index (χ0) is 17.8. The first kappa shape index (κ1) is 17.2. The maximum atomic E-state index is 11.1. The van der Waals surface area contributed by atoms with Crippen molar-refractivity contribution in [3.63, 3.8) is 0 Å². The Labute approximate surface area is 148 Å². The van der Waals surface area contributed by atoms with Crippen molar-refractivity contribution in [1.29, 1.82) is 0 Å². The van der Waals surface area contributed by atoms with Gasteiger partial charge < -0.3 is 16.0 Å². The Kier molecular flexibility index (Phi) is 5.19. The largest absolute Gasteiger partial charge is 0.369 e. The number of nitrogens with zero attached hydrogens (tertiary/aromatic N) is 3. The third kappa shape index (κ3) is 4.28. The van der Waals surface area contributed by atoms with Gasteiger partial charge in [0.25, 0.3) is 0 Å². The summed E-state index contributed by atoms with van der Waals surface area (Å²) in [5.41, 5.74) is 7.83. The van der Waals surface area contributed by atoms with Crippen LogP contribution in [0.15, 0.2) is 42.6 Å². The fourth-order valence-electron chi connectivity index (χ4n) is 3.01. The molecule has 1 saturated heterocycles. The normalized spacial score (nSPS) is 15.4. The fraction of sp³-hybridized carbons (Fsp3) is 0.368. The summed E-state index contributed by atoms with van der Waals surface area (Å²) in [6.07, 6.45) is 1.48. The van der Waals surface area contributed by atoms with Crippen LogP contribution in [0, 0.1) is 0 Å². The van der Waals surface area contributed by atoms with Gasteiger partial charge in [0, 0.05) is 49.8 Å². The molecule has 132 valence electrons. The second kappa shape index (κ2) is 7.53. The van der Waals surface area contributed by atoms with Crippen molar-refractivity contribution in [3.8, 4) is 0 Å². The van der Waals surface area contributed by atoms with Crippen LogP contribution in [0.4, 0.5) is 17.2 Å².